The van der Waals surface area contributed by atoms with Crippen molar-refractivity contribution >= 4 is 11.4 Å². The highest BCUT2D eigenvalue weighted by Gasteiger charge is 2.27. The molecule has 0 amide bonds. The molecule has 0 bridgehead atoms. The summed E-state index contributed by atoms with van der Waals surface area (Å²) in [5, 5.41) is 14.2. The van der Waals surface area contributed by atoms with Gasteiger partial charge in [-0.15, -0.1) is 0 Å². The van der Waals surface area contributed by atoms with Crippen molar-refractivity contribution in [2.75, 3.05) is 32.1 Å². The van der Waals surface area contributed by atoms with Gasteiger partial charge in [-0.2, -0.15) is 0 Å². The highest BCUT2D eigenvalue weighted by Crippen LogP contribution is 2.35. The van der Waals surface area contributed by atoms with Crippen LogP contribution in [0.15, 0.2) is 12.1 Å². The van der Waals surface area contributed by atoms with Crippen molar-refractivity contribution < 1.29 is 14.1 Å². The number of halogens is 1. The molecular formula is C12H16FN3O3. The van der Waals surface area contributed by atoms with Crippen LogP contribution in [0.1, 0.15) is 6.42 Å². The minimum absolute atomic E-state index is 0.0124. The van der Waals surface area contributed by atoms with Gasteiger partial charge in [-0.25, -0.2) is 4.39 Å². The maximum Gasteiger partial charge on any atom is 0.295 e. The van der Waals surface area contributed by atoms with Crippen molar-refractivity contribution in [1.82, 2.24) is 5.32 Å². The van der Waals surface area contributed by atoms with Gasteiger partial charge in [0.25, 0.3) is 5.69 Å². The fourth-order valence-corrected chi connectivity index (χ4v) is 2.28. The van der Waals surface area contributed by atoms with Crippen molar-refractivity contribution in [2.24, 2.45) is 0 Å². The molecule has 0 saturated carbocycles. The van der Waals surface area contributed by atoms with Crippen LogP contribution in [-0.4, -0.2) is 38.2 Å². The number of nitrogens with one attached hydrogen (secondary N) is 1. The molecule has 1 saturated heterocycles. The summed E-state index contributed by atoms with van der Waals surface area (Å²) in [5.74, 6) is -0.714. The number of hydrogen-bond donors (Lipinski definition) is 1. The normalized spacial score (nSPS) is 18.4. The molecule has 6 nitrogen and oxygen atoms in total. The number of anilines is 1. The minimum atomic E-state index is -0.726. The number of likely N-dealkylation sites (N-methyl/N-ethyl adjacent to an activating group) is 1. The van der Waals surface area contributed by atoms with Gasteiger partial charge in [0, 0.05) is 25.7 Å². The van der Waals surface area contributed by atoms with Crippen molar-refractivity contribution in [3.8, 4) is 5.75 Å². The molecule has 1 aliphatic heterocycles. The lowest BCUT2D eigenvalue weighted by molar-refractivity contribution is -0.384. The summed E-state index contributed by atoms with van der Waals surface area (Å²) in [6.45, 7) is 1.63. The number of nitro groups is 1. The lowest BCUT2D eigenvalue weighted by atomic mass is 10.1. The lowest BCUT2D eigenvalue weighted by Crippen LogP contribution is -2.33. The largest absolute Gasteiger partial charge is 0.494 e. The maximum absolute atomic E-state index is 13.6. The number of nitro benzene ring substituents is 1. The number of ether oxygens (including phenoxy) is 1. The van der Waals surface area contributed by atoms with Crippen LogP contribution in [0, 0.1) is 15.9 Å². The summed E-state index contributed by atoms with van der Waals surface area (Å²) in [4.78, 5) is 12.3. The third-order valence-corrected chi connectivity index (χ3v) is 3.41. The molecule has 1 unspecified atom stereocenters. The summed E-state index contributed by atoms with van der Waals surface area (Å²) in [6.07, 6.45) is 0.896. The molecule has 1 aromatic carbocycles. The highest BCUT2D eigenvalue weighted by atomic mass is 19.1. The van der Waals surface area contributed by atoms with Gasteiger partial charge >= 0.3 is 0 Å². The second-order valence-electron chi connectivity index (χ2n) is 4.49. The van der Waals surface area contributed by atoms with E-state index in [2.05, 4.69) is 5.32 Å². The van der Waals surface area contributed by atoms with E-state index in [4.69, 9.17) is 4.74 Å². The molecule has 1 N–H and O–H groups in total. The van der Waals surface area contributed by atoms with E-state index >= 15 is 0 Å². The molecule has 2 rings (SSSR count). The first-order valence-electron chi connectivity index (χ1n) is 6.00. The molecule has 0 aromatic heterocycles. The second-order valence-corrected chi connectivity index (χ2v) is 4.49. The summed E-state index contributed by atoms with van der Waals surface area (Å²) in [7, 11) is 3.11. The Morgan fingerprint density at radius 2 is 2.32 bits per heavy atom. The monoisotopic (exact) mass is 269 g/mol. The van der Waals surface area contributed by atoms with Crippen LogP contribution in [0.5, 0.6) is 5.75 Å². The van der Waals surface area contributed by atoms with Gasteiger partial charge in [0.15, 0.2) is 11.6 Å². The first-order valence-corrected chi connectivity index (χ1v) is 6.00. The van der Waals surface area contributed by atoms with Crippen molar-refractivity contribution in [3.63, 3.8) is 0 Å². The van der Waals surface area contributed by atoms with Gasteiger partial charge in [-0.05, 0) is 13.0 Å². The zero-order valence-electron chi connectivity index (χ0n) is 10.9. The van der Waals surface area contributed by atoms with E-state index in [1.807, 2.05) is 0 Å². The molecule has 0 aliphatic carbocycles. The predicted molar refractivity (Wildman–Crippen MR) is 69.3 cm³/mol. The highest BCUT2D eigenvalue weighted by molar-refractivity contribution is 5.66. The van der Waals surface area contributed by atoms with Crippen molar-refractivity contribution in [1.29, 1.82) is 0 Å². The Morgan fingerprint density at radius 1 is 1.58 bits per heavy atom. The minimum Gasteiger partial charge on any atom is -0.494 e. The average Bonchev–Trinajstić information content (AvgIpc) is 2.91. The molecule has 19 heavy (non-hydrogen) atoms. The number of rotatable bonds is 4. The first kappa shape index (κ1) is 13.5. The Hall–Kier alpha value is -1.89. The predicted octanol–water partition coefficient (Wildman–Crippen LogP) is 1.54. The summed E-state index contributed by atoms with van der Waals surface area (Å²) in [5.41, 5.74) is 0.129. The molecular weight excluding hydrogens is 253 g/mol. The number of benzene rings is 1. The van der Waals surface area contributed by atoms with E-state index in [0.29, 0.717) is 5.69 Å². The summed E-state index contributed by atoms with van der Waals surface area (Å²) < 4.78 is 18.5. The molecule has 0 spiro atoms. The van der Waals surface area contributed by atoms with Gasteiger partial charge < -0.3 is 15.0 Å². The van der Waals surface area contributed by atoms with Crippen LogP contribution < -0.4 is 15.0 Å². The summed E-state index contributed by atoms with van der Waals surface area (Å²) >= 11 is 0. The van der Waals surface area contributed by atoms with Crippen LogP contribution >= 0.6 is 0 Å². The molecule has 1 atom stereocenters. The standard InChI is InChI=1S/C12H16FN3O3/c1-15(8-3-4-14-7-8)10-6-12(19-2)9(13)5-11(10)16(17)18/h5-6,8,14H,3-4,7H2,1-2H3. The Morgan fingerprint density at radius 3 is 2.84 bits per heavy atom. The summed E-state index contributed by atoms with van der Waals surface area (Å²) in [6, 6.07) is 2.45. The van der Waals surface area contributed by atoms with E-state index < -0.39 is 10.7 Å². The van der Waals surface area contributed by atoms with E-state index in [-0.39, 0.29) is 17.5 Å². The number of nitrogens with zero attached hydrogens (tertiary/aromatic N) is 2. The molecule has 1 aliphatic rings. The topological polar surface area (TPSA) is 67.6 Å². The molecule has 1 fully saturated rings. The van der Waals surface area contributed by atoms with Gasteiger partial charge in [0.05, 0.1) is 18.1 Å². The smallest absolute Gasteiger partial charge is 0.295 e. The average molecular weight is 269 g/mol. The van der Waals surface area contributed by atoms with Crippen LogP contribution in [0.25, 0.3) is 0 Å². The SMILES string of the molecule is COc1cc(N(C)C2CCNC2)c([N+](=O)[O-])cc1F. The second kappa shape index (κ2) is 5.40. The maximum atomic E-state index is 13.6. The molecule has 0 radical (unpaired) electrons. The van der Waals surface area contributed by atoms with Crippen molar-refractivity contribution in [3.05, 3.63) is 28.1 Å². The van der Waals surface area contributed by atoms with Gasteiger partial charge in [-0.3, -0.25) is 10.1 Å². The quantitative estimate of drug-likeness (QED) is 0.663. The van der Waals surface area contributed by atoms with E-state index in [0.717, 1.165) is 25.6 Å². The molecule has 1 aromatic rings. The third-order valence-electron chi connectivity index (χ3n) is 3.41. The molecule has 104 valence electrons. The van der Waals surface area contributed by atoms with Gasteiger partial charge in [0.2, 0.25) is 0 Å². The Balaban J connectivity index is 2.43. The fourth-order valence-electron chi connectivity index (χ4n) is 2.28. The van der Waals surface area contributed by atoms with E-state index in [1.54, 1.807) is 11.9 Å². The van der Waals surface area contributed by atoms with E-state index in [1.165, 1.54) is 13.2 Å². The zero-order valence-corrected chi connectivity index (χ0v) is 10.9. The first-order chi connectivity index (χ1) is 9.04. The van der Waals surface area contributed by atoms with Gasteiger partial charge in [-0.1, -0.05) is 0 Å². The third kappa shape index (κ3) is 2.60. The Bertz CT molecular complexity index is 489. The van der Waals surface area contributed by atoms with Gasteiger partial charge in [0.1, 0.15) is 5.69 Å². The van der Waals surface area contributed by atoms with E-state index in [9.17, 15) is 14.5 Å². The number of hydrogen-bond acceptors (Lipinski definition) is 5. The zero-order chi connectivity index (χ0) is 14.0. The Labute approximate surface area is 110 Å². The van der Waals surface area contributed by atoms with Crippen LogP contribution in [0.4, 0.5) is 15.8 Å². The fraction of sp³-hybridized carbons (Fsp3) is 0.500. The van der Waals surface area contributed by atoms with Crippen LogP contribution in [0.2, 0.25) is 0 Å². The molecule has 1 heterocycles. The lowest BCUT2D eigenvalue weighted by Gasteiger charge is -2.26. The van der Waals surface area contributed by atoms with Crippen LogP contribution in [0.3, 0.4) is 0 Å². The Kier molecular flexibility index (Phi) is 3.84. The van der Waals surface area contributed by atoms with Crippen molar-refractivity contribution in [2.45, 2.75) is 12.5 Å². The number of methoxy groups -OCH3 is 1. The van der Waals surface area contributed by atoms with Crippen LogP contribution in [-0.2, 0) is 0 Å². The molecule has 7 heteroatoms.